The molecule has 0 spiro atoms. The quantitative estimate of drug-likeness (QED) is 0.578. The van der Waals surface area contributed by atoms with Gasteiger partial charge in [0, 0.05) is 18.0 Å². The molecule has 1 aromatic heterocycles. The van der Waals surface area contributed by atoms with Crippen LogP contribution in [-0.4, -0.2) is 16.2 Å². The second-order valence-corrected chi connectivity index (χ2v) is 2.64. The molecule has 1 aromatic rings. The SMILES string of the molecule is Cc1ccncc1C#CC(C)O. The van der Waals surface area contributed by atoms with E-state index < -0.39 is 6.10 Å². The minimum Gasteiger partial charge on any atom is -0.381 e. The van der Waals surface area contributed by atoms with Gasteiger partial charge in [0.1, 0.15) is 6.10 Å². The molecule has 12 heavy (non-hydrogen) atoms. The van der Waals surface area contributed by atoms with Gasteiger partial charge in [0.2, 0.25) is 0 Å². The molecule has 0 aromatic carbocycles. The van der Waals surface area contributed by atoms with Crippen molar-refractivity contribution in [2.75, 3.05) is 0 Å². The van der Waals surface area contributed by atoms with Crippen LogP contribution < -0.4 is 0 Å². The Hall–Kier alpha value is -1.33. The molecule has 2 nitrogen and oxygen atoms in total. The number of aryl methyl sites for hydroxylation is 1. The van der Waals surface area contributed by atoms with Crippen LogP contribution in [0.2, 0.25) is 0 Å². The summed E-state index contributed by atoms with van der Waals surface area (Å²) >= 11 is 0. The van der Waals surface area contributed by atoms with Crippen molar-refractivity contribution in [3.05, 3.63) is 29.6 Å². The van der Waals surface area contributed by atoms with Gasteiger partial charge in [-0.3, -0.25) is 4.98 Å². The Morgan fingerprint density at radius 2 is 2.33 bits per heavy atom. The van der Waals surface area contributed by atoms with E-state index in [0.29, 0.717) is 0 Å². The van der Waals surface area contributed by atoms with Gasteiger partial charge in [0.25, 0.3) is 0 Å². The van der Waals surface area contributed by atoms with Crippen molar-refractivity contribution in [2.24, 2.45) is 0 Å². The zero-order valence-electron chi connectivity index (χ0n) is 7.20. The maximum absolute atomic E-state index is 8.91. The second-order valence-electron chi connectivity index (χ2n) is 2.64. The molecule has 0 bridgehead atoms. The summed E-state index contributed by atoms with van der Waals surface area (Å²) in [5.74, 6) is 5.52. The van der Waals surface area contributed by atoms with E-state index in [-0.39, 0.29) is 0 Å². The average Bonchev–Trinajstić information content (AvgIpc) is 2.03. The molecule has 0 radical (unpaired) electrons. The molecule has 0 aliphatic heterocycles. The molecular weight excluding hydrogens is 150 g/mol. The van der Waals surface area contributed by atoms with Crippen LogP contribution in [0.4, 0.5) is 0 Å². The Labute approximate surface area is 72.3 Å². The number of rotatable bonds is 0. The number of aliphatic hydroxyl groups is 1. The summed E-state index contributed by atoms with van der Waals surface area (Å²) in [5.41, 5.74) is 1.96. The number of hydrogen-bond acceptors (Lipinski definition) is 2. The fraction of sp³-hybridized carbons (Fsp3) is 0.300. The van der Waals surface area contributed by atoms with Gasteiger partial charge >= 0.3 is 0 Å². The molecule has 1 heterocycles. The smallest absolute Gasteiger partial charge is 0.112 e. The zero-order valence-corrected chi connectivity index (χ0v) is 7.20. The minimum atomic E-state index is -0.579. The molecule has 0 amide bonds. The van der Waals surface area contributed by atoms with E-state index in [1.54, 1.807) is 19.3 Å². The maximum atomic E-state index is 8.91. The third-order valence-corrected chi connectivity index (χ3v) is 1.45. The van der Waals surface area contributed by atoms with Crippen molar-refractivity contribution in [2.45, 2.75) is 20.0 Å². The molecule has 1 atom stereocenters. The van der Waals surface area contributed by atoms with E-state index in [1.165, 1.54) is 0 Å². The van der Waals surface area contributed by atoms with E-state index in [1.807, 2.05) is 13.0 Å². The first-order valence-electron chi connectivity index (χ1n) is 3.80. The highest BCUT2D eigenvalue weighted by atomic mass is 16.3. The average molecular weight is 161 g/mol. The number of aromatic nitrogens is 1. The predicted molar refractivity (Wildman–Crippen MR) is 47.5 cm³/mol. The molecule has 2 heteroatoms. The highest BCUT2D eigenvalue weighted by Gasteiger charge is 1.91. The van der Waals surface area contributed by atoms with Crippen molar-refractivity contribution in [3.63, 3.8) is 0 Å². The first-order valence-corrected chi connectivity index (χ1v) is 3.80. The van der Waals surface area contributed by atoms with E-state index in [0.717, 1.165) is 11.1 Å². The lowest BCUT2D eigenvalue weighted by molar-refractivity contribution is 0.253. The zero-order chi connectivity index (χ0) is 8.97. The molecule has 1 N–H and O–H groups in total. The van der Waals surface area contributed by atoms with E-state index >= 15 is 0 Å². The molecule has 0 saturated heterocycles. The summed E-state index contributed by atoms with van der Waals surface area (Å²) in [7, 11) is 0. The van der Waals surface area contributed by atoms with Gasteiger partial charge in [-0.25, -0.2) is 0 Å². The van der Waals surface area contributed by atoms with Gasteiger partial charge < -0.3 is 5.11 Å². The molecular formula is C10H11NO. The molecule has 62 valence electrons. The molecule has 0 aliphatic carbocycles. The summed E-state index contributed by atoms with van der Waals surface area (Å²) in [5, 5.41) is 8.91. The Morgan fingerprint density at radius 1 is 1.58 bits per heavy atom. The van der Waals surface area contributed by atoms with Gasteiger partial charge in [-0.15, -0.1) is 0 Å². The van der Waals surface area contributed by atoms with Crippen molar-refractivity contribution in [1.29, 1.82) is 0 Å². The Bertz CT molecular complexity index is 320. The standard InChI is InChI=1S/C10H11NO/c1-8-5-6-11-7-10(8)4-3-9(2)12/h5-7,9,12H,1-2H3. The minimum absolute atomic E-state index is 0.579. The van der Waals surface area contributed by atoms with Gasteiger partial charge in [0.15, 0.2) is 0 Å². The van der Waals surface area contributed by atoms with Crippen LogP contribution in [0, 0.1) is 18.8 Å². The van der Waals surface area contributed by atoms with Crippen LogP contribution in [0.25, 0.3) is 0 Å². The fourth-order valence-electron chi connectivity index (χ4n) is 0.777. The molecule has 0 aliphatic rings. The topological polar surface area (TPSA) is 33.1 Å². The van der Waals surface area contributed by atoms with E-state index in [9.17, 15) is 0 Å². The first kappa shape index (κ1) is 8.76. The largest absolute Gasteiger partial charge is 0.381 e. The monoisotopic (exact) mass is 161 g/mol. The van der Waals surface area contributed by atoms with Crippen LogP contribution >= 0.6 is 0 Å². The Balaban J connectivity index is 2.92. The highest BCUT2D eigenvalue weighted by molar-refractivity contribution is 5.38. The van der Waals surface area contributed by atoms with Crippen LogP contribution in [0.5, 0.6) is 0 Å². The fourth-order valence-corrected chi connectivity index (χ4v) is 0.777. The van der Waals surface area contributed by atoms with Gasteiger partial charge in [-0.2, -0.15) is 0 Å². The third kappa shape index (κ3) is 2.37. The van der Waals surface area contributed by atoms with Crippen molar-refractivity contribution >= 4 is 0 Å². The number of nitrogens with zero attached hydrogens (tertiary/aromatic N) is 1. The van der Waals surface area contributed by atoms with Crippen LogP contribution in [0.3, 0.4) is 0 Å². The molecule has 1 rings (SSSR count). The lowest BCUT2D eigenvalue weighted by Gasteiger charge is -1.94. The van der Waals surface area contributed by atoms with Crippen molar-refractivity contribution in [1.82, 2.24) is 4.98 Å². The first-order chi connectivity index (χ1) is 5.70. The second kappa shape index (κ2) is 3.89. The highest BCUT2D eigenvalue weighted by Crippen LogP contribution is 2.01. The van der Waals surface area contributed by atoms with Crippen molar-refractivity contribution < 1.29 is 5.11 Å². The lowest BCUT2D eigenvalue weighted by atomic mass is 10.1. The normalized spacial score (nSPS) is 11.6. The van der Waals surface area contributed by atoms with Gasteiger partial charge in [0.05, 0.1) is 0 Å². The summed E-state index contributed by atoms with van der Waals surface area (Å²) in [4.78, 5) is 3.94. The molecule has 0 fully saturated rings. The predicted octanol–water partition coefficient (Wildman–Crippen LogP) is 1.12. The van der Waals surface area contributed by atoms with Gasteiger partial charge in [-0.1, -0.05) is 11.8 Å². The third-order valence-electron chi connectivity index (χ3n) is 1.45. The summed E-state index contributed by atoms with van der Waals surface area (Å²) in [6, 6.07) is 1.89. The van der Waals surface area contributed by atoms with Crippen LogP contribution in [0.1, 0.15) is 18.1 Å². The summed E-state index contributed by atoms with van der Waals surface area (Å²) in [6.45, 7) is 3.60. The number of pyridine rings is 1. The lowest BCUT2D eigenvalue weighted by Crippen LogP contribution is -1.93. The van der Waals surface area contributed by atoms with Crippen LogP contribution in [0.15, 0.2) is 18.5 Å². The molecule has 1 unspecified atom stereocenters. The Morgan fingerprint density at radius 3 is 2.92 bits per heavy atom. The summed E-state index contributed by atoms with van der Waals surface area (Å²) < 4.78 is 0. The number of hydrogen-bond donors (Lipinski definition) is 1. The number of aliphatic hydroxyl groups excluding tert-OH is 1. The van der Waals surface area contributed by atoms with E-state index in [2.05, 4.69) is 16.8 Å². The van der Waals surface area contributed by atoms with Gasteiger partial charge in [-0.05, 0) is 25.5 Å². The van der Waals surface area contributed by atoms with Crippen molar-refractivity contribution in [3.8, 4) is 11.8 Å². The summed E-state index contributed by atoms with van der Waals surface area (Å²) in [6.07, 6.45) is 2.85. The maximum Gasteiger partial charge on any atom is 0.112 e. The van der Waals surface area contributed by atoms with Crippen LogP contribution in [-0.2, 0) is 0 Å². The molecule has 0 saturated carbocycles. The van der Waals surface area contributed by atoms with E-state index in [4.69, 9.17) is 5.11 Å². The Kier molecular flexibility index (Phi) is 2.84.